The third kappa shape index (κ3) is 3.47. The Hall–Kier alpha value is -2.87. The van der Waals surface area contributed by atoms with Crippen molar-refractivity contribution in [2.45, 2.75) is 39.8 Å². The van der Waals surface area contributed by atoms with Crippen LogP contribution >= 0.6 is 11.3 Å². The van der Waals surface area contributed by atoms with Gasteiger partial charge in [-0.1, -0.05) is 13.0 Å². The summed E-state index contributed by atoms with van der Waals surface area (Å²) in [6.45, 7) is 6.82. The highest BCUT2D eigenvalue weighted by Crippen LogP contribution is 2.35. The summed E-state index contributed by atoms with van der Waals surface area (Å²) >= 11 is 1.40. The fourth-order valence-corrected chi connectivity index (χ4v) is 4.10. The molecule has 8 heteroatoms. The van der Waals surface area contributed by atoms with Gasteiger partial charge in [-0.25, -0.2) is 9.97 Å². The lowest BCUT2D eigenvalue weighted by molar-refractivity contribution is 0.0943. The van der Waals surface area contributed by atoms with E-state index in [-0.39, 0.29) is 18.7 Å². The van der Waals surface area contributed by atoms with Crippen LogP contribution in [0.25, 0.3) is 10.2 Å². The van der Waals surface area contributed by atoms with E-state index >= 15 is 0 Å². The highest BCUT2D eigenvalue weighted by molar-refractivity contribution is 7.20. The van der Waals surface area contributed by atoms with E-state index in [0.717, 1.165) is 45.1 Å². The quantitative estimate of drug-likeness (QED) is 0.656. The minimum absolute atomic E-state index is 0.0587. The first kappa shape index (κ1) is 18.5. The zero-order chi connectivity index (χ0) is 19.7. The zero-order valence-corrected chi connectivity index (χ0v) is 16.9. The highest BCUT2D eigenvalue weighted by Gasteiger charge is 2.20. The minimum Gasteiger partial charge on any atom is -0.454 e. The monoisotopic (exact) mass is 398 g/mol. The van der Waals surface area contributed by atoms with Gasteiger partial charge in [-0.2, -0.15) is 0 Å². The summed E-state index contributed by atoms with van der Waals surface area (Å²) in [6, 6.07) is 5.98. The molecule has 1 aliphatic heterocycles. The number of hydrogen-bond acceptors (Lipinski definition) is 7. The second kappa shape index (κ2) is 7.63. The number of hydrogen-bond donors (Lipinski definition) is 2. The first-order valence-electron chi connectivity index (χ1n) is 9.24. The molecule has 0 saturated heterocycles. The van der Waals surface area contributed by atoms with Crippen molar-refractivity contribution in [3.8, 4) is 11.5 Å². The summed E-state index contributed by atoms with van der Waals surface area (Å²) in [5, 5.41) is 7.28. The summed E-state index contributed by atoms with van der Waals surface area (Å²) in [6.07, 6.45) is 2.41. The average molecular weight is 398 g/mol. The topological polar surface area (TPSA) is 85.4 Å². The third-order valence-corrected chi connectivity index (χ3v) is 6.02. The van der Waals surface area contributed by atoms with Gasteiger partial charge in [-0.05, 0) is 43.5 Å². The van der Waals surface area contributed by atoms with Crippen molar-refractivity contribution >= 4 is 33.3 Å². The third-order valence-electron chi connectivity index (χ3n) is 4.82. The molecule has 1 amide bonds. The molecule has 1 atom stereocenters. The van der Waals surface area contributed by atoms with E-state index in [1.54, 1.807) is 0 Å². The van der Waals surface area contributed by atoms with Crippen LogP contribution in [-0.4, -0.2) is 28.7 Å². The number of carbonyl (C=O) groups is 1. The van der Waals surface area contributed by atoms with E-state index in [2.05, 4.69) is 20.6 Å². The summed E-state index contributed by atoms with van der Waals surface area (Å²) < 4.78 is 10.8. The van der Waals surface area contributed by atoms with Crippen LogP contribution in [0.2, 0.25) is 0 Å². The Balaban J connectivity index is 1.58. The van der Waals surface area contributed by atoms with Crippen molar-refractivity contribution in [2.75, 3.05) is 12.1 Å². The molecular weight excluding hydrogens is 376 g/mol. The number of aromatic nitrogens is 2. The number of amides is 1. The van der Waals surface area contributed by atoms with Gasteiger partial charge in [0.15, 0.2) is 11.5 Å². The average Bonchev–Trinajstić information content (AvgIpc) is 3.30. The molecule has 1 unspecified atom stereocenters. The molecule has 0 aliphatic carbocycles. The number of benzene rings is 1. The van der Waals surface area contributed by atoms with E-state index in [9.17, 15) is 4.79 Å². The summed E-state index contributed by atoms with van der Waals surface area (Å²) in [5.41, 5.74) is 1.95. The molecule has 0 saturated carbocycles. The molecule has 2 aromatic heterocycles. The standard InChI is InChI=1S/C20H22N4O3S/c1-4-11(2)24-19(25)17-12(3)16-18(22-9-23-20(16)28-17)21-8-13-5-6-14-15(7-13)27-10-26-14/h5-7,9,11H,4,8,10H2,1-3H3,(H,24,25)(H,21,22,23). The maximum Gasteiger partial charge on any atom is 0.261 e. The smallest absolute Gasteiger partial charge is 0.261 e. The van der Waals surface area contributed by atoms with Crippen LogP contribution in [0.15, 0.2) is 24.5 Å². The van der Waals surface area contributed by atoms with Crippen LogP contribution in [0.3, 0.4) is 0 Å². The van der Waals surface area contributed by atoms with Crippen molar-refractivity contribution in [1.29, 1.82) is 0 Å². The van der Waals surface area contributed by atoms with Crippen LogP contribution in [0.4, 0.5) is 5.82 Å². The van der Waals surface area contributed by atoms with Crippen molar-refractivity contribution in [3.05, 3.63) is 40.5 Å². The molecule has 1 aromatic carbocycles. The largest absolute Gasteiger partial charge is 0.454 e. The number of nitrogens with zero attached hydrogens (tertiary/aromatic N) is 2. The van der Waals surface area contributed by atoms with Crippen LogP contribution < -0.4 is 20.1 Å². The van der Waals surface area contributed by atoms with Crippen molar-refractivity contribution in [2.24, 2.45) is 0 Å². The Labute approximate surface area is 167 Å². The maximum absolute atomic E-state index is 12.6. The Morgan fingerprint density at radius 1 is 1.29 bits per heavy atom. The fourth-order valence-electron chi connectivity index (χ4n) is 3.05. The van der Waals surface area contributed by atoms with Crippen molar-refractivity contribution in [1.82, 2.24) is 15.3 Å². The molecule has 0 radical (unpaired) electrons. The lowest BCUT2D eigenvalue weighted by Gasteiger charge is -2.11. The van der Waals surface area contributed by atoms with Gasteiger partial charge in [-0.3, -0.25) is 4.79 Å². The maximum atomic E-state index is 12.6. The summed E-state index contributed by atoms with van der Waals surface area (Å²) in [4.78, 5) is 22.9. The van der Waals surface area contributed by atoms with Gasteiger partial charge in [-0.15, -0.1) is 11.3 Å². The van der Waals surface area contributed by atoms with Gasteiger partial charge < -0.3 is 20.1 Å². The predicted molar refractivity (Wildman–Crippen MR) is 109 cm³/mol. The molecule has 1 aliphatic rings. The number of ether oxygens (including phenoxy) is 2. The Morgan fingerprint density at radius 2 is 2.11 bits per heavy atom. The van der Waals surface area contributed by atoms with Gasteiger partial charge in [0.05, 0.1) is 10.3 Å². The van der Waals surface area contributed by atoms with E-state index in [1.807, 2.05) is 39.0 Å². The molecule has 0 spiro atoms. The Kier molecular flexibility index (Phi) is 5.04. The first-order chi connectivity index (χ1) is 13.6. The van der Waals surface area contributed by atoms with Gasteiger partial charge in [0.2, 0.25) is 6.79 Å². The van der Waals surface area contributed by atoms with Gasteiger partial charge in [0.25, 0.3) is 5.91 Å². The Bertz CT molecular complexity index is 1030. The van der Waals surface area contributed by atoms with Gasteiger partial charge in [0.1, 0.15) is 17.0 Å². The second-order valence-corrected chi connectivity index (χ2v) is 7.78. The van der Waals surface area contributed by atoms with Crippen LogP contribution in [0.1, 0.15) is 41.1 Å². The number of anilines is 1. The number of fused-ring (bicyclic) bond motifs is 2. The van der Waals surface area contributed by atoms with Crippen LogP contribution in [0, 0.1) is 6.92 Å². The fraction of sp³-hybridized carbons (Fsp3) is 0.350. The summed E-state index contributed by atoms with van der Waals surface area (Å²) in [7, 11) is 0. The van der Waals surface area contributed by atoms with Crippen LogP contribution in [0.5, 0.6) is 11.5 Å². The van der Waals surface area contributed by atoms with E-state index in [4.69, 9.17) is 9.47 Å². The molecule has 3 heterocycles. The number of carbonyl (C=O) groups excluding carboxylic acids is 1. The predicted octanol–water partition coefficient (Wildman–Crippen LogP) is 3.87. The molecule has 146 valence electrons. The van der Waals surface area contributed by atoms with E-state index in [1.165, 1.54) is 17.7 Å². The molecule has 2 N–H and O–H groups in total. The molecule has 4 rings (SSSR count). The second-order valence-electron chi connectivity index (χ2n) is 6.78. The molecule has 7 nitrogen and oxygen atoms in total. The van der Waals surface area contributed by atoms with E-state index < -0.39 is 0 Å². The normalized spacial score (nSPS) is 13.5. The first-order valence-corrected chi connectivity index (χ1v) is 10.1. The molecular formula is C20H22N4O3S. The minimum atomic E-state index is -0.0587. The lowest BCUT2D eigenvalue weighted by Crippen LogP contribution is -2.31. The molecule has 3 aromatic rings. The van der Waals surface area contributed by atoms with Crippen molar-refractivity contribution in [3.63, 3.8) is 0 Å². The SMILES string of the molecule is CCC(C)NC(=O)c1sc2ncnc(NCc3ccc4c(c3)OCO4)c2c1C. The zero-order valence-electron chi connectivity index (χ0n) is 16.0. The number of rotatable bonds is 6. The van der Waals surface area contributed by atoms with Gasteiger partial charge in [0, 0.05) is 12.6 Å². The lowest BCUT2D eigenvalue weighted by atomic mass is 10.1. The molecule has 0 fully saturated rings. The van der Waals surface area contributed by atoms with Crippen molar-refractivity contribution < 1.29 is 14.3 Å². The van der Waals surface area contributed by atoms with Gasteiger partial charge >= 0.3 is 0 Å². The molecule has 28 heavy (non-hydrogen) atoms. The van der Waals surface area contributed by atoms with E-state index in [0.29, 0.717) is 11.4 Å². The van der Waals surface area contributed by atoms with Crippen LogP contribution in [-0.2, 0) is 6.54 Å². The number of thiophene rings is 1. The highest BCUT2D eigenvalue weighted by atomic mass is 32.1. The molecule has 0 bridgehead atoms. The number of aryl methyl sites for hydroxylation is 1. The summed E-state index contributed by atoms with van der Waals surface area (Å²) in [5.74, 6) is 2.18. The Morgan fingerprint density at radius 3 is 2.93 bits per heavy atom. The number of nitrogens with one attached hydrogen (secondary N) is 2.